The molecule has 0 saturated heterocycles. The maximum absolute atomic E-state index is 12.2. The highest BCUT2D eigenvalue weighted by atomic mass is 16.5. The maximum Gasteiger partial charge on any atom is 0.165 e. The minimum absolute atomic E-state index is 0.00489. The fourth-order valence-electron chi connectivity index (χ4n) is 3.12. The summed E-state index contributed by atoms with van der Waals surface area (Å²) in [5.41, 5.74) is 2.78. The number of carbonyl (C=O) groups is 1. The minimum Gasteiger partial charge on any atom is -0.493 e. The zero-order valence-electron chi connectivity index (χ0n) is 14.5. The van der Waals surface area contributed by atoms with Gasteiger partial charge in [-0.15, -0.1) is 0 Å². The number of aliphatic hydroxyl groups excluding tert-OH is 2. The molecule has 24 heavy (non-hydrogen) atoms. The van der Waals surface area contributed by atoms with Crippen LogP contribution in [0.15, 0.2) is 36.1 Å². The Morgan fingerprint density at radius 2 is 2.08 bits per heavy atom. The molecule has 1 aromatic rings. The molecule has 3 atom stereocenters. The Hall–Kier alpha value is -1.91. The number of aliphatic hydroxyl groups is 2. The van der Waals surface area contributed by atoms with E-state index in [1.165, 1.54) is 0 Å². The van der Waals surface area contributed by atoms with Crippen molar-refractivity contribution in [3.05, 3.63) is 52.8 Å². The van der Waals surface area contributed by atoms with Crippen LogP contribution in [0.3, 0.4) is 0 Å². The Morgan fingerprint density at radius 3 is 2.71 bits per heavy atom. The van der Waals surface area contributed by atoms with E-state index >= 15 is 0 Å². The van der Waals surface area contributed by atoms with Gasteiger partial charge in [0.05, 0.1) is 24.9 Å². The summed E-state index contributed by atoms with van der Waals surface area (Å²) in [7, 11) is 0. The molecule has 0 amide bonds. The van der Waals surface area contributed by atoms with Gasteiger partial charge >= 0.3 is 0 Å². The first-order chi connectivity index (χ1) is 11.5. The van der Waals surface area contributed by atoms with Crippen LogP contribution in [-0.2, 0) is 16.1 Å². The second-order valence-electron chi connectivity index (χ2n) is 6.23. The van der Waals surface area contributed by atoms with Crippen molar-refractivity contribution in [2.24, 2.45) is 5.92 Å². The van der Waals surface area contributed by atoms with E-state index in [9.17, 15) is 9.90 Å². The molecule has 4 nitrogen and oxygen atoms in total. The van der Waals surface area contributed by atoms with Crippen molar-refractivity contribution in [1.82, 2.24) is 0 Å². The summed E-state index contributed by atoms with van der Waals surface area (Å²) in [6, 6.07) is 5.76. The molecular formula is C20H26O4. The molecule has 0 fully saturated rings. The van der Waals surface area contributed by atoms with E-state index in [0.717, 1.165) is 22.4 Å². The van der Waals surface area contributed by atoms with Gasteiger partial charge in [0.1, 0.15) is 6.10 Å². The third kappa shape index (κ3) is 3.94. The van der Waals surface area contributed by atoms with Gasteiger partial charge in [-0.3, -0.25) is 4.79 Å². The first-order valence-corrected chi connectivity index (χ1v) is 8.43. The Kier molecular flexibility index (Phi) is 6.35. The van der Waals surface area contributed by atoms with E-state index in [0.29, 0.717) is 6.42 Å². The highest BCUT2D eigenvalue weighted by Crippen LogP contribution is 2.35. The highest BCUT2D eigenvalue weighted by Gasteiger charge is 2.35. The predicted octanol–water partition coefficient (Wildman–Crippen LogP) is 3.19. The fraction of sp³-hybridized carbons (Fsp3) is 0.450. The van der Waals surface area contributed by atoms with E-state index in [-0.39, 0.29) is 36.9 Å². The Labute approximate surface area is 143 Å². The van der Waals surface area contributed by atoms with Gasteiger partial charge in [-0.25, -0.2) is 0 Å². The molecule has 1 aromatic carbocycles. The number of rotatable bonds is 6. The van der Waals surface area contributed by atoms with Gasteiger partial charge in [0, 0.05) is 18.4 Å². The largest absolute Gasteiger partial charge is 0.493 e. The van der Waals surface area contributed by atoms with Crippen molar-refractivity contribution in [2.45, 2.75) is 45.8 Å². The van der Waals surface area contributed by atoms with Crippen molar-refractivity contribution < 1.29 is 19.7 Å². The van der Waals surface area contributed by atoms with Crippen LogP contribution >= 0.6 is 0 Å². The monoisotopic (exact) mass is 330 g/mol. The zero-order valence-corrected chi connectivity index (χ0v) is 14.5. The first-order valence-electron chi connectivity index (χ1n) is 8.43. The van der Waals surface area contributed by atoms with Crippen LogP contribution in [-0.4, -0.2) is 28.7 Å². The van der Waals surface area contributed by atoms with Crippen LogP contribution in [0, 0.1) is 5.92 Å². The van der Waals surface area contributed by atoms with Crippen LogP contribution in [0.25, 0.3) is 6.08 Å². The lowest BCUT2D eigenvalue weighted by molar-refractivity contribution is -0.124. The van der Waals surface area contributed by atoms with Crippen molar-refractivity contribution >= 4 is 11.9 Å². The molecule has 0 spiro atoms. The molecule has 0 aliphatic carbocycles. The Balaban J connectivity index is 2.38. The molecule has 1 aliphatic rings. The van der Waals surface area contributed by atoms with E-state index in [1.54, 1.807) is 12.2 Å². The molecule has 0 unspecified atom stereocenters. The summed E-state index contributed by atoms with van der Waals surface area (Å²) in [6.07, 6.45) is 5.59. The van der Waals surface area contributed by atoms with Gasteiger partial charge in [0.15, 0.2) is 5.78 Å². The van der Waals surface area contributed by atoms with Crippen LogP contribution < -0.4 is 0 Å². The number of hydrogen-bond donors (Lipinski definition) is 2. The second-order valence-corrected chi connectivity index (χ2v) is 6.23. The first kappa shape index (κ1) is 18.4. The fourth-order valence-corrected chi connectivity index (χ4v) is 3.12. The summed E-state index contributed by atoms with van der Waals surface area (Å²) in [5.74, 6) is 0.636. The van der Waals surface area contributed by atoms with E-state index in [1.807, 2.05) is 38.1 Å². The molecule has 0 saturated carbocycles. The highest BCUT2D eigenvalue weighted by molar-refractivity contribution is 5.93. The van der Waals surface area contributed by atoms with Crippen molar-refractivity contribution in [3.8, 4) is 0 Å². The molecule has 0 aromatic heterocycles. The number of hydrogen-bond acceptors (Lipinski definition) is 4. The van der Waals surface area contributed by atoms with Gasteiger partial charge in [0.2, 0.25) is 0 Å². The molecule has 130 valence electrons. The van der Waals surface area contributed by atoms with E-state index in [4.69, 9.17) is 9.84 Å². The zero-order chi connectivity index (χ0) is 17.7. The normalized spacial score (nSPS) is 22.4. The van der Waals surface area contributed by atoms with E-state index in [2.05, 4.69) is 6.92 Å². The molecule has 1 aliphatic heterocycles. The lowest BCUT2D eigenvalue weighted by atomic mass is 9.82. The molecule has 1 heterocycles. The minimum atomic E-state index is -0.223. The summed E-state index contributed by atoms with van der Waals surface area (Å²) >= 11 is 0. The standard InChI is InChI=1S/C20H26O4/c1-4-17-11-19(23)14(3)20(24-17)13(2)18-8-7-15(12-22)10-16(18)6-5-9-21/h5-8,10-11,13-14,20-22H,4,9,12H2,1-3H3/b6-5+/t13-,14+,20+/m0/s1. The van der Waals surface area contributed by atoms with E-state index < -0.39 is 0 Å². The van der Waals surface area contributed by atoms with Crippen molar-refractivity contribution in [1.29, 1.82) is 0 Å². The SMILES string of the molecule is CCC1=CC(=O)[C@@H](C)[C@@H]([C@@H](C)c2ccc(CO)cc2/C=C/CO)O1. The van der Waals surface area contributed by atoms with Crippen molar-refractivity contribution in [3.63, 3.8) is 0 Å². The molecule has 2 rings (SSSR count). The van der Waals surface area contributed by atoms with Crippen LogP contribution in [0.4, 0.5) is 0 Å². The molecule has 2 N–H and O–H groups in total. The predicted molar refractivity (Wildman–Crippen MR) is 94.3 cm³/mol. The third-order valence-electron chi connectivity index (χ3n) is 4.60. The number of benzene rings is 1. The quantitative estimate of drug-likeness (QED) is 0.841. The molecule has 0 radical (unpaired) electrons. The van der Waals surface area contributed by atoms with Gasteiger partial charge < -0.3 is 14.9 Å². The summed E-state index contributed by atoms with van der Waals surface area (Å²) < 4.78 is 6.07. The van der Waals surface area contributed by atoms with Crippen LogP contribution in [0.2, 0.25) is 0 Å². The third-order valence-corrected chi connectivity index (χ3v) is 4.60. The Bertz CT molecular complexity index is 645. The number of ketones is 1. The second kappa shape index (κ2) is 8.27. The van der Waals surface area contributed by atoms with Crippen molar-refractivity contribution in [2.75, 3.05) is 6.61 Å². The van der Waals surface area contributed by atoms with Crippen LogP contribution in [0.5, 0.6) is 0 Å². The Morgan fingerprint density at radius 1 is 1.33 bits per heavy atom. The molecule has 4 heteroatoms. The lowest BCUT2D eigenvalue weighted by Crippen LogP contribution is -2.35. The molecular weight excluding hydrogens is 304 g/mol. The lowest BCUT2D eigenvalue weighted by Gasteiger charge is -2.34. The smallest absolute Gasteiger partial charge is 0.165 e. The van der Waals surface area contributed by atoms with Gasteiger partial charge in [-0.05, 0) is 22.8 Å². The topological polar surface area (TPSA) is 66.8 Å². The van der Waals surface area contributed by atoms with Gasteiger partial charge in [-0.1, -0.05) is 45.1 Å². The number of ether oxygens (including phenoxy) is 1. The number of allylic oxidation sites excluding steroid dienone is 2. The summed E-state index contributed by atoms with van der Waals surface area (Å²) in [5, 5.41) is 18.4. The average Bonchev–Trinajstić information content (AvgIpc) is 2.61. The van der Waals surface area contributed by atoms with Gasteiger partial charge in [-0.2, -0.15) is 0 Å². The maximum atomic E-state index is 12.2. The van der Waals surface area contributed by atoms with Gasteiger partial charge in [0.25, 0.3) is 0 Å². The summed E-state index contributed by atoms with van der Waals surface area (Å²) in [4.78, 5) is 12.2. The average molecular weight is 330 g/mol. The summed E-state index contributed by atoms with van der Waals surface area (Å²) in [6.45, 7) is 5.85. The number of carbonyl (C=O) groups excluding carboxylic acids is 1. The molecule has 0 bridgehead atoms. The van der Waals surface area contributed by atoms with Crippen LogP contribution in [0.1, 0.15) is 49.8 Å².